The average Bonchev–Trinajstić information content (AvgIpc) is 2.86. The first-order valence-electron chi connectivity index (χ1n) is 12.0. The van der Waals surface area contributed by atoms with Gasteiger partial charge in [0.05, 0.1) is 4.90 Å². The fourth-order valence-electron chi connectivity index (χ4n) is 4.69. The van der Waals surface area contributed by atoms with E-state index in [1.165, 1.54) is 29.6 Å². The second kappa shape index (κ2) is 10.5. The van der Waals surface area contributed by atoms with Gasteiger partial charge in [-0.25, -0.2) is 12.7 Å². The minimum Gasteiger partial charge on any atom is -0.340 e. The molecule has 1 saturated heterocycles. The number of piperazine rings is 1. The molecule has 1 aliphatic carbocycles. The zero-order chi connectivity index (χ0) is 26.0. The first kappa shape index (κ1) is 25.9. The first-order chi connectivity index (χ1) is 17.1. The summed E-state index contributed by atoms with van der Waals surface area (Å²) in [5, 5.41) is 0. The lowest BCUT2D eigenvalue weighted by molar-refractivity contribution is -0.133. The molecule has 2 aliphatic rings. The van der Waals surface area contributed by atoms with Crippen molar-refractivity contribution in [3.05, 3.63) is 76.9 Å². The summed E-state index contributed by atoms with van der Waals surface area (Å²) < 4.78 is 27.5. The van der Waals surface area contributed by atoms with Gasteiger partial charge in [0.15, 0.2) is 11.6 Å². The van der Waals surface area contributed by atoms with Crippen LogP contribution in [0.2, 0.25) is 0 Å². The lowest BCUT2D eigenvalue weighted by Crippen LogP contribution is -2.49. The normalized spacial score (nSPS) is 16.1. The Labute approximate surface area is 212 Å². The molecule has 0 atom stereocenters. The Kier molecular flexibility index (Phi) is 7.54. The van der Waals surface area contributed by atoms with Crippen LogP contribution < -0.4 is 0 Å². The molecule has 36 heavy (non-hydrogen) atoms. The van der Waals surface area contributed by atoms with E-state index < -0.39 is 10.0 Å². The molecule has 2 aromatic carbocycles. The summed E-state index contributed by atoms with van der Waals surface area (Å²) in [5.41, 5.74) is 1.99. The monoisotopic (exact) mass is 509 g/mol. The quantitative estimate of drug-likeness (QED) is 0.433. The number of fused-ring (bicyclic) bond motifs is 2. The second-order valence-electron chi connectivity index (χ2n) is 9.46. The molecule has 0 saturated carbocycles. The molecule has 0 aromatic heterocycles. The van der Waals surface area contributed by atoms with Crippen molar-refractivity contribution in [1.82, 2.24) is 14.1 Å². The molecule has 0 unspecified atom stereocenters. The second-order valence-corrected chi connectivity index (χ2v) is 11.5. The molecule has 0 bridgehead atoms. The van der Waals surface area contributed by atoms with Crippen molar-refractivity contribution < 1.29 is 22.8 Å². The predicted molar refractivity (Wildman–Crippen MR) is 137 cm³/mol. The van der Waals surface area contributed by atoms with Crippen LogP contribution in [0.15, 0.2) is 59.5 Å². The van der Waals surface area contributed by atoms with Crippen molar-refractivity contribution in [2.24, 2.45) is 0 Å². The van der Waals surface area contributed by atoms with Crippen LogP contribution in [0.5, 0.6) is 0 Å². The number of carbonyl (C=O) groups excluding carboxylic acids is 3. The van der Waals surface area contributed by atoms with Crippen LogP contribution in [-0.4, -0.2) is 86.3 Å². The number of amides is 1. The Morgan fingerprint density at radius 1 is 0.944 bits per heavy atom. The number of benzene rings is 2. The van der Waals surface area contributed by atoms with Crippen molar-refractivity contribution in [2.75, 3.05) is 46.3 Å². The molecule has 4 rings (SSSR count). The van der Waals surface area contributed by atoms with E-state index in [1.807, 2.05) is 11.8 Å². The van der Waals surface area contributed by atoms with Gasteiger partial charge < -0.3 is 4.90 Å². The van der Waals surface area contributed by atoms with Gasteiger partial charge in [-0.1, -0.05) is 36.4 Å². The molecule has 1 amide bonds. The van der Waals surface area contributed by atoms with Crippen LogP contribution in [0.3, 0.4) is 0 Å². The zero-order valence-corrected chi connectivity index (χ0v) is 21.5. The van der Waals surface area contributed by atoms with E-state index in [-0.39, 0.29) is 52.0 Å². The maximum Gasteiger partial charge on any atom is 0.242 e. The highest BCUT2D eigenvalue weighted by atomic mass is 32.2. The van der Waals surface area contributed by atoms with E-state index in [0.717, 1.165) is 25.2 Å². The van der Waals surface area contributed by atoms with E-state index in [1.54, 1.807) is 24.3 Å². The molecule has 1 heterocycles. The minimum absolute atomic E-state index is 0.0207. The van der Waals surface area contributed by atoms with Crippen LogP contribution in [0.25, 0.3) is 0 Å². The molecule has 1 aliphatic heterocycles. The van der Waals surface area contributed by atoms with Crippen LogP contribution >= 0.6 is 0 Å². The number of carbonyl (C=O) groups is 3. The number of hydrogen-bond donors (Lipinski definition) is 0. The summed E-state index contributed by atoms with van der Waals surface area (Å²) in [5.74, 6) is -0.641. The molecule has 8 nitrogen and oxygen atoms in total. The molecule has 0 spiro atoms. The van der Waals surface area contributed by atoms with Gasteiger partial charge in [0.25, 0.3) is 0 Å². The largest absolute Gasteiger partial charge is 0.340 e. The summed E-state index contributed by atoms with van der Waals surface area (Å²) in [6.45, 7) is 9.84. The van der Waals surface area contributed by atoms with Crippen LogP contribution in [-0.2, 0) is 14.8 Å². The third-order valence-corrected chi connectivity index (χ3v) is 8.54. The smallest absolute Gasteiger partial charge is 0.242 e. The van der Waals surface area contributed by atoms with Gasteiger partial charge in [0.2, 0.25) is 15.9 Å². The number of hydrogen-bond acceptors (Lipinski definition) is 6. The third kappa shape index (κ3) is 5.18. The van der Waals surface area contributed by atoms with Gasteiger partial charge in [-0.2, -0.15) is 0 Å². The standard InChI is InChI=1S/C27H31N3O5S/c1-19(2)18-29-13-15-30(16-14-29)25(31)9-6-12-28(3)36(34,35)20-10-11-23-24(17-20)27(33)22-8-5-4-7-21(22)26(23)32/h4-5,7-8,10-11,17H,1,6,9,12-16,18H2,2-3H3. The van der Waals surface area contributed by atoms with E-state index in [4.69, 9.17) is 0 Å². The van der Waals surface area contributed by atoms with Gasteiger partial charge >= 0.3 is 0 Å². The highest BCUT2D eigenvalue weighted by Crippen LogP contribution is 2.29. The molecule has 0 N–H and O–H groups in total. The minimum atomic E-state index is -3.90. The summed E-state index contributed by atoms with van der Waals surface area (Å²) in [7, 11) is -2.45. The highest BCUT2D eigenvalue weighted by molar-refractivity contribution is 7.89. The van der Waals surface area contributed by atoms with Crippen molar-refractivity contribution >= 4 is 27.5 Å². The summed E-state index contributed by atoms with van der Waals surface area (Å²) in [6.07, 6.45) is 0.643. The molecule has 2 aromatic rings. The summed E-state index contributed by atoms with van der Waals surface area (Å²) in [4.78, 5) is 42.4. The molecule has 190 valence electrons. The molecule has 1 fully saturated rings. The van der Waals surface area contributed by atoms with Crippen molar-refractivity contribution in [1.29, 1.82) is 0 Å². The van der Waals surface area contributed by atoms with Gasteiger partial charge in [0.1, 0.15) is 0 Å². The Bertz CT molecular complexity index is 1330. The lowest BCUT2D eigenvalue weighted by Gasteiger charge is -2.35. The highest BCUT2D eigenvalue weighted by Gasteiger charge is 2.31. The van der Waals surface area contributed by atoms with Crippen LogP contribution in [0.4, 0.5) is 0 Å². The Morgan fingerprint density at radius 2 is 1.53 bits per heavy atom. The topological polar surface area (TPSA) is 95.1 Å². The molecular formula is C27H31N3O5S. The van der Waals surface area contributed by atoms with E-state index in [0.29, 0.717) is 25.1 Å². The molecular weight excluding hydrogens is 478 g/mol. The Hall–Kier alpha value is -3.14. The average molecular weight is 510 g/mol. The van der Waals surface area contributed by atoms with Crippen LogP contribution in [0, 0.1) is 0 Å². The third-order valence-electron chi connectivity index (χ3n) is 6.69. The maximum atomic E-state index is 13.2. The lowest BCUT2D eigenvalue weighted by atomic mass is 9.84. The fraction of sp³-hybridized carbons (Fsp3) is 0.370. The first-order valence-corrected chi connectivity index (χ1v) is 13.5. The van der Waals surface area contributed by atoms with Gasteiger partial charge in [-0.05, 0) is 31.5 Å². The van der Waals surface area contributed by atoms with Gasteiger partial charge in [0, 0.05) is 75.0 Å². The van der Waals surface area contributed by atoms with Gasteiger partial charge in [-0.15, -0.1) is 0 Å². The molecule has 9 heteroatoms. The fourth-order valence-corrected chi connectivity index (χ4v) is 5.92. The van der Waals surface area contributed by atoms with Crippen molar-refractivity contribution in [2.45, 2.75) is 24.7 Å². The SMILES string of the molecule is C=C(C)CN1CCN(C(=O)CCCN(C)S(=O)(=O)c2ccc3c(c2)C(=O)c2ccccc2C3=O)CC1. The van der Waals surface area contributed by atoms with E-state index >= 15 is 0 Å². The number of rotatable bonds is 8. The summed E-state index contributed by atoms with van der Waals surface area (Å²) in [6, 6.07) is 10.6. The zero-order valence-electron chi connectivity index (χ0n) is 20.7. The van der Waals surface area contributed by atoms with Crippen molar-refractivity contribution in [3.63, 3.8) is 0 Å². The summed E-state index contributed by atoms with van der Waals surface area (Å²) >= 11 is 0. The van der Waals surface area contributed by atoms with Gasteiger partial charge in [-0.3, -0.25) is 19.3 Å². The Morgan fingerprint density at radius 3 is 2.14 bits per heavy atom. The molecule has 0 radical (unpaired) electrons. The van der Waals surface area contributed by atoms with Crippen molar-refractivity contribution in [3.8, 4) is 0 Å². The Balaban J connectivity index is 1.37. The van der Waals surface area contributed by atoms with E-state index in [9.17, 15) is 22.8 Å². The number of nitrogens with zero attached hydrogens (tertiary/aromatic N) is 3. The predicted octanol–water partition coefficient (Wildman–Crippen LogP) is 2.58. The van der Waals surface area contributed by atoms with Crippen LogP contribution in [0.1, 0.15) is 51.6 Å². The number of ketones is 2. The van der Waals surface area contributed by atoms with E-state index in [2.05, 4.69) is 11.5 Å². The number of sulfonamides is 1. The maximum absolute atomic E-state index is 13.2.